The van der Waals surface area contributed by atoms with E-state index < -0.39 is 0 Å². The van der Waals surface area contributed by atoms with E-state index in [9.17, 15) is 0 Å². The Morgan fingerprint density at radius 3 is 3.00 bits per heavy atom. The number of piperidine rings is 1. The molecule has 4 rings (SSSR count). The van der Waals surface area contributed by atoms with Gasteiger partial charge in [0.2, 0.25) is 0 Å². The van der Waals surface area contributed by atoms with Crippen LogP contribution in [0.25, 0.3) is 0 Å². The molecule has 0 bridgehead atoms. The van der Waals surface area contributed by atoms with Crippen LogP contribution in [0.2, 0.25) is 0 Å². The van der Waals surface area contributed by atoms with Gasteiger partial charge in [-0.25, -0.2) is 0 Å². The van der Waals surface area contributed by atoms with Gasteiger partial charge in [0.1, 0.15) is 5.37 Å². The van der Waals surface area contributed by atoms with Gasteiger partial charge in [0.25, 0.3) is 0 Å². The third-order valence-electron chi connectivity index (χ3n) is 4.31. The summed E-state index contributed by atoms with van der Waals surface area (Å²) in [6.45, 7) is 3.28. The molecular weight excluding hydrogens is 296 g/mol. The fraction of sp³-hybridized carbons (Fsp3) is 0.467. The van der Waals surface area contributed by atoms with Crippen LogP contribution in [-0.4, -0.2) is 33.1 Å². The third kappa shape index (κ3) is 2.78. The molecule has 2 aliphatic heterocycles. The summed E-state index contributed by atoms with van der Waals surface area (Å²) >= 11 is 1.79. The van der Waals surface area contributed by atoms with Gasteiger partial charge in [-0.05, 0) is 37.3 Å². The molecule has 0 spiro atoms. The van der Waals surface area contributed by atoms with E-state index in [1.54, 1.807) is 11.8 Å². The molecule has 0 radical (unpaired) electrons. The van der Waals surface area contributed by atoms with Gasteiger partial charge >= 0.3 is 0 Å². The second-order valence-corrected chi connectivity index (χ2v) is 6.82. The summed E-state index contributed by atoms with van der Waals surface area (Å²) in [6, 6.07) is 0. The van der Waals surface area contributed by atoms with Crippen molar-refractivity contribution >= 4 is 17.4 Å². The highest BCUT2D eigenvalue weighted by Gasteiger charge is 2.25. The lowest BCUT2D eigenvalue weighted by atomic mass is 9.98. The summed E-state index contributed by atoms with van der Waals surface area (Å²) < 4.78 is 2.09. The Morgan fingerprint density at radius 2 is 2.18 bits per heavy atom. The first-order valence-corrected chi connectivity index (χ1v) is 8.67. The first-order valence-electron chi connectivity index (χ1n) is 7.72. The highest BCUT2D eigenvalue weighted by molar-refractivity contribution is 8.02. The molecule has 0 saturated carbocycles. The normalized spacial score (nSPS) is 22.5. The highest BCUT2D eigenvalue weighted by Crippen LogP contribution is 2.41. The lowest BCUT2D eigenvalue weighted by molar-refractivity contribution is 0.321. The minimum absolute atomic E-state index is 0.246. The first kappa shape index (κ1) is 13.9. The fourth-order valence-corrected chi connectivity index (χ4v) is 4.05. The topological polar surface area (TPSA) is 61.8 Å². The zero-order chi connectivity index (χ0) is 14.8. The van der Waals surface area contributed by atoms with Crippen LogP contribution in [0.4, 0.5) is 5.69 Å². The monoisotopic (exact) mass is 316 g/mol. The molecule has 2 aromatic rings. The van der Waals surface area contributed by atoms with Crippen LogP contribution >= 0.6 is 11.8 Å². The van der Waals surface area contributed by atoms with E-state index in [4.69, 9.17) is 0 Å². The van der Waals surface area contributed by atoms with Gasteiger partial charge < -0.3 is 10.2 Å². The maximum Gasteiger partial charge on any atom is 0.112 e. The van der Waals surface area contributed by atoms with Crippen molar-refractivity contribution < 1.29 is 0 Å². The Balaban J connectivity index is 1.47. The molecule has 2 aromatic heterocycles. The van der Waals surface area contributed by atoms with Crippen molar-refractivity contribution in [3.63, 3.8) is 0 Å². The zero-order valence-electron chi connectivity index (χ0n) is 12.4. The van der Waals surface area contributed by atoms with E-state index in [1.807, 2.05) is 18.6 Å². The van der Waals surface area contributed by atoms with Crippen LogP contribution < -0.4 is 10.2 Å². The molecule has 1 unspecified atom stereocenters. The van der Waals surface area contributed by atoms with Crippen molar-refractivity contribution in [2.45, 2.75) is 24.8 Å². The van der Waals surface area contributed by atoms with Gasteiger partial charge in [0.05, 0.1) is 18.1 Å². The van der Waals surface area contributed by atoms with E-state index in [1.165, 1.54) is 18.4 Å². The van der Waals surface area contributed by atoms with Crippen LogP contribution in [0.1, 0.15) is 23.8 Å². The number of aromatic amines is 1. The summed E-state index contributed by atoms with van der Waals surface area (Å²) in [4.78, 5) is 2.25. The van der Waals surface area contributed by atoms with Crippen LogP contribution in [0.15, 0.2) is 36.4 Å². The van der Waals surface area contributed by atoms with E-state index in [2.05, 4.69) is 48.0 Å². The molecule has 1 saturated heterocycles. The van der Waals surface area contributed by atoms with Crippen LogP contribution in [0.3, 0.4) is 0 Å². The van der Waals surface area contributed by atoms with Gasteiger partial charge in [0.15, 0.2) is 0 Å². The van der Waals surface area contributed by atoms with Crippen molar-refractivity contribution in [2.24, 2.45) is 5.92 Å². The molecule has 4 heterocycles. The molecule has 0 amide bonds. The SMILES string of the molecule is C1=CN(c2cnn(CC3CCNCC3)c2)C(c2cn[nH]c2)S1. The predicted octanol–water partition coefficient (Wildman–Crippen LogP) is 2.33. The number of thioether (sulfide) groups is 1. The molecule has 1 fully saturated rings. The number of hydrogen-bond acceptors (Lipinski definition) is 5. The standard InChI is InChI=1S/C15H20N6S/c1-3-16-4-2-12(1)10-20-11-14(9-19-20)21-5-6-22-15(21)13-7-17-18-8-13/h5-9,11-12,15-16H,1-4,10H2,(H,17,18). The average Bonchev–Trinajstić information content (AvgIpc) is 3.29. The summed E-state index contributed by atoms with van der Waals surface area (Å²) in [6.07, 6.45) is 12.6. The van der Waals surface area contributed by atoms with Crippen molar-refractivity contribution in [1.82, 2.24) is 25.3 Å². The molecule has 1 atom stereocenters. The largest absolute Gasteiger partial charge is 0.328 e. The van der Waals surface area contributed by atoms with Gasteiger partial charge in [-0.3, -0.25) is 9.78 Å². The van der Waals surface area contributed by atoms with E-state index in [0.29, 0.717) is 0 Å². The van der Waals surface area contributed by atoms with E-state index >= 15 is 0 Å². The number of nitrogens with zero attached hydrogens (tertiary/aromatic N) is 4. The molecule has 2 N–H and O–H groups in total. The number of nitrogens with one attached hydrogen (secondary N) is 2. The number of rotatable bonds is 4. The average molecular weight is 316 g/mol. The Bertz CT molecular complexity index is 628. The maximum absolute atomic E-state index is 4.56. The summed E-state index contributed by atoms with van der Waals surface area (Å²) in [5, 5.41) is 17.3. The molecule has 6 nitrogen and oxygen atoms in total. The maximum atomic E-state index is 4.56. The Labute approximate surface area is 134 Å². The summed E-state index contributed by atoms with van der Waals surface area (Å²) in [7, 11) is 0. The lowest BCUT2D eigenvalue weighted by Crippen LogP contribution is -2.30. The molecule has 2 aliphatic rings. The molecule has 22 heavy (non-hydrogen) atoms. The number of anilines is 1. The molecule has 0 aliphatic carbocycles. The second kappa shape index (κ2) is 6.18. The summed E-state index contributed by atoms with van der Waals surface area (Å²) in [5.74, 6) is 0.738. The summed E-state index contributed by atoms with van der Waals surface area (Å²) in [5.41, 5.74) is 2.32. The van der Waals surface area contributed by atoms with Crippen molar-refractivity contribution in [3.05, 3.63) is 42.0 Å². The van der Waals surface area contributed by atoms with Gasteiger partial charge in [0, 0.05) is 30.7 Å². The smallest absolute Gasteiger partial charge is 0.112 e. The van der Waals surface area contributed by atoms with Crippen LogP contribution in [-0.2, 0) is 6.54 Å². The third-order valence-corrected chi connectivity index (χ3v) is 5.34. The molecule has 116 valence electrons. The zero-order valence-corrected chi connectivity index (χ0v) is 13.2. The van der Waals surface area contributed by atoms with Crippen molar-refractivity contribution in [2.75, 3.05) is 18.0 Å². The quantitative estimate of drug-likeness (QED) is 0.906. The highest BCUT2D eigenvalue weighted by atomic mass is 32.2. The Morgan fingerprint density at radius 1 is 1.27 bits per heavy atom. The molecule has 0 aromatic carbocycles. The number of hydrogen-bond donors (Lipinski definition) is 2. The second-order valence-electron chi connectivity index (χ2n) is 5.83. The lowest BCUT2D eigenvalue weighted by Gasteiger charge is -2.23. The van der Waals surface area contributed by atoms with Crippen molar-refractivity contribution in [3.8, 4) is 0 Å². The minimum Gasteiger partial charge on any atom is -0.328 e. The van der Waals surface area contributed by atoms with Crippen LogP contribution in [0.5, 0.6) is 0 Å². The predicted molar refractivity (Wildman–Crippen MR) is 88.4 cm³/mol. The van der Waals surface area contributed by atoms with Crippen molar-refractivity contribution in [1.29, 1.82) is 0 Å². The Hall–Kier alpha value is -1.73. The number of H-pyrrole nitrogens is 1. The van der Waals surface area contributed by atoms with E-state index in [-0.39, 0.29) is 5.37 Å². The number of aromatic nitrogens is 4. The fourth-order valence-electron chi connectivity index (χ4n) is 3.09. The molecule has 7 heteroatoms. The van der Waals surface area contributed by atoms with E-state index in [0.717, 1.165) is 31.2 Å². The van der Waals surface area contributed by atoms with Gasteiger partial charge in [-0.2, -0.15) is 10.2 Å². The van der Waals surface area contributed by atoms with Gasteiger partial charge in [-0.15, -0.1) is 11.8 Å². The minimum atomic E-state index is 0.246. The molecular formula is C15H20N6S. The van der Waals surface area contributed by atoms with Crippen LogP contribution in [0, 0.1) is 5.92 Å². The van der Waals surface area contributed by atoms with Gasteiger partial charge in [-0.1, -0.05) is 0 Å². The Kier molecular flexibility index (Phi) is 3.90. The first-order chi connectivity index (χ1) is 10.9.